The minimum absolute atomic E-state index is 0. The van der Waals surface area contributed by atoms with Gasteiger partial charge in [0.05, 0.1) is 6.54 Å². The third-order valence-electron chi connectivity index (χ3n) is 6.19. The maximum absolute atomic E-state index is 13.9. The normalized spacial score (nSPS) is 22.0. The third kappa shape index (κ3) is 4.88. The number of hydrogen-bond donors (Lipinski definition) is 1. The second kappa shape index (κ2) is 9.66. The highest BCUT2D eigenvalue weighted by Gasteiger charge is 2.48. The van der Waals surface area contributed by atoms with E-state index in [1.807, 2.05) is 12.1 Å². The summed E-state index contributed by atoms with van der Waals surface area (Å²) in [5.74, 6) is 1.36. The monoisotopic (exact) mass is 470 g/mol. The van der Waals surface area contributed by atoms with Gasteiger partial charge in [-0.2, -0.15) is 5.10 Å². The summed E-state index contributed by atoms with van der Waals surface area (Å²) in [6, 6.07) is 10.1. The summed E-state index contributed by atoms with van der Waals surface area (Å²) in [6.45, 7) is 1.29. The maximum atomic E-state index is 13.9. The van der Waals surface area contributed by atoms with Gasteiger partial charge in [0.1, 0.15) is 22.9 Å². The molecule has 1 aliphatic heterocycles. The summed E-state index contributed by atoms with van der Waals surface area (Å²) in [7, 11) is 0. The van der Waals surface area contributed by atoms with Crippen molar-refractivity contribution in [3.63, 3.8) is 0 Å². The Bertz CT molecular complexity index is 1090. The van der Waals surface area contributed by atoms with Crippen molar-refractivity contribution < 1.29 is 13.9 Å². The summed E-state index contributed by atoms with van der Waals surface area (Å²) in [6.07, 6.45) is 7.95. The van der Waals surface area contributed by atoms with Crippen LogP contribution in [0, 0.1) is 11.7 Å². The number of halogens is 2. The molecule has 10 heteroatoms. The number of anilines is 2. The molecular formula is C23H24ClFN6O2. The zero-order valence-corrected chi connectivity index (χ0v) is 18.7. The van der Waals surface area contributed by atoms with E-state index in [0.717, 1.165) is 38.0 Å². The van der Waals surface area contributed by atoms with Crippen molar-refractivity contribution in [2.45, 2.75) is 31.3 Å². The molecule has 2 fully saturated rings. The molecule has 0 bridgehead atoms. The molecule has 4 heterocycles. The molecule has 1 spiro atoms. The van der Waals surface area contributed by atoms with E-state index in [9.17, 15) is 9.18 Å². The lowest BCUT2D eigenvalue weighted by molar-refractivity contribution is 0.0148. The van der Waals surface area contributed by atoms with Crippen LogP contribution in [0.25, 0.3) is 11.3 Å². The molecule has 1 N–H and O–H groups in total. The lowest BCUT2D eigenvalue weighted by atomic mass is 9.78. The fourth-order valence-corrected chi connectivity index (χ4v) is 4.39. The quantitative estimate of drug-likeness (QED) is 0.587. The first kappa shape index (κ1) is 22.8. The zero-order valence-electron chi connectivity index (χ0n) is 17.9. The highest BCUT2D eigenvalue weighted by molar-refractivity contribution is 5.89. The second-order valence-electron chi connectivity index (χ2n) is 8.31. The molecule has 0 unspecified atom stereocenters. The van der Waals surface area contributed by atoms with E-state index in [2.05, 4.69) is 25.5 Å². The molecule has 1 aliphatic carbocycles. The summed E-state index contributed by atoms with van der Waals surface area (Å²) in [5.41, 5.74) is 0.493. The minimum atomic E-state index is -0.447. The second-order valence-corrected chi connectivity index (χ2v) is 8.31. The van der Waals surface area contributed by atoms with Crippen LogP contribution in [0.3, 0.4) is 0 Å². The number of aromatic nitrogens is 4. The maximum Gasteiger partial charge on any atom is 0.416 e. The van der Waals surface area contributed by atoms with Crippen LogP contribution in [0.5, 0.6) is 0 Å². The van der Waals surface area contributed by atoms with E-state index < -0.39 is 5.60 Å². The molecule has 1 saturated carbocycles. The van der Waals surface area contributed by atoms with Crippen LogP contribution in [0.2, 0.25) is 0 Å². The van der Waals surface area contributed by atoms with Gasteiger partial charge in [0.15, 0.2) is 5.82 Å². The number of nitrogens with zero attached hydrogens (tertiary/aromatic N) is 5. The van der Waals surface area contributed by atoms with Gasteiger partial charge < -0.3 is 10.1 Å². The van der Waals surface area contributed by atoms with Crippen molar-refractivity contribution in [1.29, 1.82) is 0 Å². The van der Waals surface area contributed by atoms with Crippen LogP contribution in [-0.4, -0.2) is 44.9 Å². The molecule has 33 heavy (non-hydrogen) atoms. The van der Waals surface area contributed by atoms with Gasteiger partial charge in [-0.1, -0.05) is 0 Å². The highest BCUT2D eigenvalue weighted by atomic mass is 35.5. The SMILES string of the molecule is Cl.O=C1O[C@]2(CC[C@H](CNc3ccc(-c4ncccc4F)cn3)CC2)CN1c1cccnn1. The number of nitrogens with one attached hydrogen (secondary N) is 1. The van der Waals surface area contributed by atoms with E-state index in [0.29, 0.717) is 29.5 Å². The van der Waals surface area contributed by atoms with Gasteiger partial charge in [-0.3, -0.25) is 9.88 Å². The molecule has 0 aromatic carbocycles. The van der Waals surface area contributed by atoms with Crippen LogP contribution in [0.4, 0.5) is 20.8 Å². The molecule has 2 aliphatic rings. The lowest BCUT2D eigenvalue weighted by Crippen LogP contribution is -2.39. The summed E-state index contributed by atoms with van der Waals surface area (Å²) in [4.78, 5) is 22.4. The molecule has 3 aromatic heterocycles. The number of hydrogen-bond acceptors (Lipinski definition) is 7. The van der Waals surface area contributed by atoms with Crippen LogP contribution in [-0.2, 0) is 4.74 Å². The van der Waals surface area contributed by atoms with Gasteiger partial charge >= 0.3 is 6.09 Å². The summed E-state index contributed by atoms with van der Waals surface area (Å²) >= 11 is 0. The first-order valence-electron chi connectivity index (χ1n) is 10.7. The Kier molecular flexibility index (Phi) is 6.69. The van der Waals surface area contributed by atoms with Crippen LogP contribution in [0.15, 0.2) is 55.0 Å². The molecule has 3 aromatic rings. The Morgan fingerprint density at radius 3 is 2.64 bits per heavy atom. The van der Waals surface area contributed by atoms with Crippen LogP contribution in [0.1, 0.15) is 25.7 Å². The topological polar surface area (TPSA) is 93.1 Å². The van der Waals surface area contributed by atoms with Gasteiger partial charge in [-0.15, -0.1) is 17.5 Å². The van der Waals surface area contributed by atoms with Gasteiger partial charge in [0.2, 0.25) is 0 Å². The van der Waals surface area contributed by atoms with Crippen molar-refractivity contribution in [2.75, 3.05) is 23.3 Å². The van der Waals surface area contributed by atoms with E-state index >= 15 is 0 Å². The largest absolute Gasteiger partial charge is 0.441 e. The molecule has 0 atom stereocenters. The average molecular weight is 471 g/mol. The van der Waals surface area contributed by atoms with E-state index in [4.69, 9.17) is 4.74 Å². The van der Waals surface area contributed by atoms with Gasteiger partial charge in [0, 0.05) is 30.7 Å². The van der Waals surface area contributed by atoms with Gasteiger partial charge in [-0.25, -0.2) is 14.2 Å². The Balaban J connectivity index is 0.00000259. The fraction of sp³-hybridized carbons (Fsp3) is 0.348. The van der Waals surface area contributed by atoms with Crippen molar-refractivity contribution in [2.24, 2.45) is 5.92 Å². The molecule has 1 saturated heterocycles. The number of carbonyl (C=O) groups excluding carboxylic acids is 1. The smallest absolute Gasteiger partial charge is 0.416 e. The molecule has 5 rings (SSSR count). The first-order valence-corrected chi connectivity index (χ1v) is 10.7. The van der Waals surface area contributed by atoms with Crippen molar-refractivity contribution >= 4 is 30.1 Å². The minimum Gasteiger partial charge on any atom is -0.441 e. The lowest BCUT2D eigenvalue weighted by Gasteiger charge is -2.35. The average Bonchev–Trinajstić information content (AvgIpc) is 3.16. The zero-order chi connectivity index (χ0) is 22.0. The fourth-order valence-electron chi connectivity index (χ4n) is 4.39. The number of rotatable bonds is 5. The predicted molar refractivity (Wildman–Crippen MR) is 124 cm³/mol. The highest BCUT2D eigenvalue weighted by Crippen LogP contribution is 2.40. The van der Waals surface area contributed by atoms with Gasteiger partial charge in [0.25, 0.3) is 0 Å². The Morgan fingerprint density at radius 2 is 1.94 bits per heavy atom. The van der Waals surface area contributed by atoms with Crippen molar-refractivity contribution in [3.05, 3.63) is 60.8 Å². The molecule has 8 nitrogen and oxygen atoms in total. The number of ether oxygens (including phenoxy) is 1. The van der Waals surface area contributed by atoms with E-state index in [1.54, 1.807) is 41.7 Å². The third-order valence-corrected chi connectivity index (χ3v) is 6.19. The molecule has 172 valence electrons. The molecule has 1 amide bonds. The molecule has 0 radical (unpaired) electrons. The number of pyridine rings is 2. The van der Waals surface area contributed by atoms with Crippen LogP contribution >= 0.6 is 12.4 Å². The Morgan fingerprint density at radius 1 is 1.12 bits per heavy atom. The predicted octanol–water partition coefficient (Wildman–Crippen LogP) is 4.49. The van der Waals surface area contributed by atoms with Crippen molar-refractivity contribution in [1.82, 2.24) is 20.2 Å². The molecular weight excluding hydrogens is 447 g/mol. The van der Waals surface area contributed by atoms with Crippen LogP contribution < -0.4 is 10.2 Å². The van der Waals surface area contributed by atoms with Crippen molar-refractivity contribution in [3.8, 4) is 11.3 Å². The van der Waals surface area contributed by atoms with E-state index in [-0.39, 0.29) is 24.3 Å². The Hall–Kier alpha value is -3.33. The standard InChI is InChI=1S/C23H23FN6O2.ClH/c24-18-3-1-11-25-21(18)17-5-6-19(27-14-17)26-13-16-7-9-23(10-8-16)15-30(22(31)32-23)20-4-2-12-28-29-20;/h1-6,11-12,14,16H,7-10,13,15H2,(H,26,27);1H/t16-,23-;. The van der Waals surface area contributed by atoms with E-state index in [1.165, 1.54) is 6.07 Å². The van der Waals surface area contributed by atoms with Gasteiger partial charge in [-0.05, 0) is 68.0 Å². The number of amides is 1. The first-order chi connectivity index (χ1) is 15.6. The Labute approximate surface area is 197 Å². The summed E-state index contributed by atoms with van der Waals surface area (Å²) in [5, 5.41) is 11.3. The summed E-state index contributed by atoms with van der Waals surface area (Å²) < 4.78 is 19.7. The number of carbonyl (C=O) groups is 1.